The summed E-state index contributed by atoms with van der Waals surface area (Å²) >= 11 is 3.46. The lowest BCUT2D eigenvalue weighted by molar-refractivity contribution is -0.120. The van der Waals surface area contributed by atoms with Gasteiger partial charge in [0.2, 0.25) is 0 Å². The summed E-state index contributed by atoms with van der Waals surface area (Å²) in [7, 11) is 1.61. The van der Waals surface area contributed by atoms with Crippen LogP contribution in [0.2, 0.25) is 0 Å². The predicted octanol–water partition coefficient (Wildman–Crippen LogP) is 3.15. The molecule has 0 spiro atoms. The molecular formula is C12H9BrO3. The second-order valence-corrected chi connectivity index (χ2v) is 3.94. The molecule has 0 radical (unpaired) electrons. The molecule has 0 aromatic heterocycles. The average Bonchev–Trinajstić information content (AvgIpc) is 2.31. The number of benzene rings is 2. The van der Waals surface area contributed by atoms with Crippen LogP contribution in [0.4, 0.5) is 0 Å². The summed E-state index contributed by atoms with van der Waals surface area (Å²) in [4.78, 5) is 10.4. The van der Waals surface area contributed by atoms with E-state index >= 15 is 0 Å². The summed E-state index contributed by atoms with van der Waals surface area (Å²) in [6.45, 7) is 0.424. The highest BCUT2D eigenvalue weighted by Crippen LogP contribution is 2.36. The van der Waals surface area contributed by atoms with Gasteiger partial charge in [-0.05, 0) is 34.1 Å². The standard InChI is InChI=1S/C12H9BrO3/c1-15-11-6-5-8-9(12(11)13)3-2-4-10(8)16-7-14/h2-7H,1H3. The minimum Gasteiger partial charge on any atom is -0.496 e. The number of ether oxygens (including phenoxy) is 2. The molecule has 2 aromatic carbocycles. The van der Waals surface area contributed by atoms with Gasteiger partial charge in [0.05, 0.1) is 11.6 Å². The monoisotopic (exact) mass is 280 g/mol. The fraction of sp³-hybridized carbons (Fsp3) is 0.0833. The van der Waals surface area contributed by atoms with Crippen molar-refractivity contribution in [2.45, 2.75) is 0 Å². The van der Waals surface area contributed by atoms with Crippen molar-refractivity contribution in [3.8, 4) is 11.5 Å². The van der Waals surface area contributed by atoms with E-state index in [1.54, 1.807) is 13.2 Å². The highest BCUT2D eigenvalue weighted by atomic mass is 79.9. The molecule has 0 aliphatic carbocycles. The molecule has 3 nitrogen and oxygen atoms in total. The SMILES string of the molecule is COc1ccc2c(OC=O)cccc2c1Br. The Morgan fingerprint density at radius 3 is 2.62 bits per heavy atom. The van der Waals surface area contributed by atoms with Gasteiger partial charge in [-0.3, -0.25) is 4.79 Å². The first-order valence-electron chi connectivity index (χ1n) is 4.63. The first-order valence-corrected chi connectivity index (χ1v) is 5.42. The third-order valence-electron chi connectivity index (χ3n) is 2.32. The second-order valence-electron chi connectivity index (χ2n) is 3.15. The van der Waals surface area contributed by atoms with Gasteiger partial charge < -0.3 is 9.47 Å². The van der Waals surface area contributed by atoms with E-state index in [9.17, 15) is 4.79 Å². The molecule has 0 atom stereocenters. The van der Waals surface area contributed by atoms with Crippen LogP contribution in [0.3, 0.4) is 0 Å². The van der Waals surface area contributed by atoms with Gasteiger partial charge >= 0.3 is 0 Å². The van der Waals surface area contributed by atoms with Gasteiger partial charge in [0, 0.05) is 10.8 Å². The molecule has 0 amide bonds. The number of methoxy groups -OCH3 is 1. The predicted molar refractivity (Wildman–Crippen MR) is 64.9 cm³/mol. The number of hydrogen-bond donors (Lipinski definition) is 0. The number of halogens is 1. The van der Waals surface area contributed by atoms with Crippen molar-refractivity contribution in [2.24, 2.45) is 0 Å². The van der Waals surface area contributed by atoms with Gasteiger partial charge in [0.15, 0.2) is 0 Å². The first-order chi connectivity index (χ1) is 7.77. The molecule has 4 heteroatoms. The van der Waals surface area contributed by atoms with Gasteiger partial charge in [0.25, 0.3) is 6.47 Å². The number of hydrogen-bond acceptors (Lipinski definition) is 3. The van der Waals surface area contributed by atoms with Crippen molar-refractivity contribution in [3.05, 3.63) is 34.8 Å². The van der Waals surface area contributed by atoms with Crippen LogP contribution in [0.1, 0.15) is 0 Å². The van der Waals surface area contributed by atoms with E-state index in [0.29, 0.717) is 12.2 Å². The van der Waals surface area contributed by atoms with E-state index in [-0.39, 0.29) is 0 Å². The molecule has 16 heavy (non-hydrogen) atoms. The number of carbonyl (C=O) groups excluding carboxylic acids is 1. The molecule has 2 aromatic rings. The molecule has 0 unspecified atom stereocenters. The maximum absolute atomic E-state index is 10.4. The number of carbonyl (C=O) groups is 1. The zero-order chi connectivity index (χ0) is 11.5. The van der Waals surface area contributed by atoms with Crippen molar-refractivity contribution in [3.63, 3.8) is 0 Å². The molecule has 0 heterocycles. The molecule has 0 saturated carbocycles. The lowest BCUT2D eigenvalue weighted by Crippen LogP contribution is -1.91. The Morgan fingerprint density at radius 1 is 1.12 bits per heavy atom. The van der Waals surface area contributed by atoms with E-state index in [0.717, 1.165) is 21.0 Å². The Kier molecular flexibility index (Phi) is 3.10. The molecular weight excluding hydrogens is 272 g/mol. The second kappa shape index (κ2) is 4.53. The van der Waals surface area contributed by atoms with Crippen LogP contribution in [0.15, 0.2) is 34.8 Å². The van der Waals surface area contributed by atoms with Gasteiger partial charge in [-0.2, -0.15) is 0 Å². The molecule has 0 bridgehead atoms. The Morgan fingerprint density at radius 2 is 1.94 bits per heavy atom. The van der Waals surface area contributed by atoms with E-state index < -0.39 is 0 Å². The molecule has 82 valence electrons. The average molecular weight is 281 g/mol. The minimum atomic E-state index is 0.424. The Bertz CT molecular complexity index is 537. The molecule has 0 aliphatic heterocycles. The van der Waals surface area contributed by atoms with Crippen LogP contribution in [0.25, 0.3) is 10.8 Å². The normalized spacial score (nSPS) is 10.1. The lowest BCUT2D eigenvalue weighted by atomic mass is 10.1. The maximum atomic E-state index is 10.4. The van der Waals surface area contributed by atoms with Gasteiger partial charge in [-0.1, -0.05) is 12.1 Å². The zero-order valence-corrected chi connectivity index (χ0v) is 10.2. The summed E-state index contributed by atoms with van der Waals surface area (Å²) in [5, 5.41) is 1.81. The smallest absolute Gasteiger partial charge is 0.298 e. The molecule has 0 N–H and O–H groups in total. The quantitative estimate of drug-likeness (QED) is 0.811. The van der Waals surface area contributed by atoms with Crippen LogP contribution < -0.4 is 9.47 Å². The lowest BCUT2D eigenvalue weighted by Gasteiger charge is -2.08. The van der Waals surface area contributed by atoms with E-state index in [1.165, 1.54) is 0 Å². The molecule has 0 aliphatic rings. The molecule has 2 rings (SSSR count). The van der Waals surface area contributed by atoms with Crippen molar-refractivity contribution in [2.75, 3.05) is 7.11 Å². The van der Waals surface area contributed by atoms with E-state index in [2.05, 4.69) is 15.9 Å². The fourth-order valence-electron chi connectivity index (χ4n) is 1.58. The highest BCUT2D eigenvalue weighted by Gasteiger charge is 2.08. The maximum Gasteiger partial charge on any atom is 0.298 e. The van der Waals surface area contributed by atoms with Gasteiger partial charge in [-0.25, -0.2) is 0 Å². The number of rotatable bonds is 3. The van der Waals surface area contributed by atoms with Crippen LogP contribution in [0, 0.1) is 0 Å². The Hall–Kier alpha value is -1.55. The summed E-state index contributed by atoms with van der Waals surface area (Å²) < 4.78 is 11.0. The topological polar surface area (TPSA) is 35.5 Å². The van der Waals surface area contributed by atoms with Crippen molar-refractivity contribution < 1.29 is 14.3 Å². The molecule has 0 fully saturated rings. The third-order valence-corrected chi connectivity index (χ3v) is 3.13. The molecule has 0 saturated heterocycles. The largest absolute Gasteiger partial charge is 0.496 e. The van der Waals surface area contributed by atoms with Crippen LogP contribution >= 0.6 is 15.9 Å². The summed E-state index contributed by atoms with van der Waals surface area (Å²) in [5.41, 5.74) is 0. The van der Waals surface area contributed by atoms with Crippen LogP contribution in [0.5, 0.6) is 11.5 Å². The Labute approximate surface area is 101 Å². The number of fused-ring (bicyclic) bond motifs is 1. The minimum absolute atomic E-state index is 0.424. The summed E-state index contributed by atoms with van der Waals surface area (Å²) in [6, 6.07) is 9.18. The third kappa shape index (κ3) is 1.76. The summed E-state index contributed by atoms with van der Waals surface area (Å²) in [6.07, 6.45) is 0. The van der Waals surface area contributed by atoms with Crippen molar-refractivity contribution >= 4 is 33.2 Å². The summed E-state index contributed by atoms with van der Waals surface area (Å²) in [5.74, 6) is 1.28. The first kappa shape index (κ1) is 11.0. The van der Waals surface area contributed by atoms with Crippen LogP contribution in [-0.2, 0) is 4.79 Å². The van der Waals surface area contributed by atoms with Crippen molar-refractivity contribution in [1.82, 2.24) is 0 Å². The zero-order valence-electron chi connectivity index (χ0n) is 8.57. The highest BCUT2D eigenvalue weighted by molar-refractivity contribution is 9.10. The van der Waals surface area contributed by atoms with Gasteiger partial charge in [0.1, 0.15) is 11.5 Å². The Balaban J connectivity index is 2.72. The van der Waals surface area contributed by atoms with Crippen molar-refractivity contribution in [1.29, 1.82) is 0 Å². The van der Waals surface area contributed by atoms with Crippen LogP contribution in [-0.4, -0.2) is 13.6 Å². The fourth-order valence-corrected chi connectivity index (χ4v) is 2.22. The van der Waals surface area contributed by atoms with Gasteiger partial charge in [-0.15, -0.1) is 0 Å². The van der Waals surface area contributed by atoms with E-state index in [1.807, 2.05) is 24.3 Å². The van der Waals surface area contributed by atoms with E-state index in [4.69, 9.17) is 9.47 Å².